The lowest BCUT2D eigenvalue weighted by atomic mass is 10.1. The van der Waals surface area contributed by atoms with Crippen molar-refractivity contribution in [2.45, 2.75) is 26.8 Å². The highest BCUT2D eigenvalue weighted by Crippen LogP contribution is 2.20. The summed E-state index contributed by atoms with van der Waals surface area (Å²) in [6, 6.07) is 4.65. The molecule has 1 aromatic carbocycles. The summed E-state index contributed by atoms with van der Waals surface area (Å²) in [5.74, 6) is 0.401. The van der Waals surface area contributed by atoms with Crippen molar-refractivity contribution in [3.8, 4) is 11.4 Å². The maximum Gasteiger partial charge on any atom is 0.159 e. The summed E-state index contributed by atoms with van der Waals surface area (Å²) >= 11 is 0. The summed E-state index contributed by atoms with van der Waals surface area (Å²) in [4.78, 5) is 8.69. The Morgan fingerprint density at radius 1 is 1.21 bits per heavy atom. The van der Waals surface area contributed by atoms with E-state index in [0.29, 0.717) is 5.82 Å². The molecule has 100 valence electrons. The van der Waals surface area contributed by atoms with Gasteiger partial charge in [-0.3, -0.25) is 0 Å². The van der Waals surface area contributed by atoms with Gasteiger partial charge in [0.25, 0.3) is 0 Å². The number of hydrogen-bond acceptors (Lipinski definition) is 3. The summed E-state index contributed by atoms with van der Waals surface area (Å²) in [5, 5.41) is 3.30. The molecule has 0 atom stereocenters. The zero-order valence-corrected chi connectivity index (χ0v) is 11.3. The molecule has 0 fully saturated rings. The molecular formula is C15H18FN3. The fourth-order valence-electron chi connectivity index (χ4n) is 1.87. The van der Waals surface area contributed by atoms with E-state index >= 15 is 0 Å². The van der Waals surface area contributed by atoms with Gasteiger partial charge in [-0.25, -0.2) is 14.4 Å². The molecular weight excluding hydrogens is 241 g/mol. The Hall–Kier alpha value is -1.81. The quantitative estimate of drug-likeness (QED) is 0.838. The normalized spacial score (nSPS) is 10.7. The van der Waals surface area contributed by atoms with Crippen LogP contribution in [-0.4, -0.2) is 16.5 Å². The van der Waals surface area contributed by atoms with Crippen LogP contribution in [0.5, 0.6) is 0 Å². The van der Waals surface area contributed by atoms with Gasteiger partial charge in [0.15, 0.2) is 5.82 Å². The fraction of sp³-hybridized carbons (Fsp3) is 0.333. The molecule has 0 spiro atoms. The van der Waals surface area contributed by atoms with Gasteiger partial charge in [0, 0.05) is 30.1 Å². The molecule has 0 saturated heterocycles. The maximum atomic E-state index is 13.1. The predicted octanol–water partition coefficient (Wildman–Crippen LogP) is 3.09. The van der Waals surface area contributed by atoms with Crippen molar-refractivity contribution in [2.75, 3.05) is 6.54 Å². The lowest BCUT2D eigenvalue weighted by Gasteiger charge is -2.06. The van der Waals surface area contributed by atoms with Crippen molar-refractivity contribution in [1.82, 2.24) is 15.3 Å². The van der Waals surface area contributed by atoms with Crippen LogP contribution in [0.1, 0.15) is 24.5 Å². The fourth-order valence-corrected chi connectivity index (χ4v) is 1.87. The van der Waals surface area contributed by atoms with Crippen molar-refractivity contribution in [1.29, 1.82) is 0 Å². The third-order valence-electron chi connectivity index (χ3n) is 2.89. The van der Waals surface area contributed by atoms with E-state index in [2.05, 4.69) is 22.2 Å². The third kappa shape index (κ3) is 3.58. The van der Waals surface area contributed by atoms with E-state index in [1.807, 2.05) is 19.3 Å². The molecule has 0 aliphatic carbocycles. The number of aryl methyl sites for hydroxylation is 1. The van der Waals surface area contributed by atoms with Gasteiger partial charge in [-0.2, -0.15) is 0 Å². The lowest BCUT2D eigenvalue weighted by molar-refractivity contribution is 0.627. The van der Waals surface area contributed by atoms with Gasteiger partial charge in [-0.05, 0) is 43.7 Å². The van der Waals surface area contributed by atoms with Crippen LogP contribution < -0.4 is 5.32 Å². The molecule has 0 saturated carbocycles. The minimum Gasteiger partial charge on any atom is -0.313 e. The Labute approximate surface area is 112 Å². The maximum absolute atomic E-state index is 13.1. The van der Waals surface area contributed by atoms with E-state index in [9.17, 15) is 4.39 Å². The highest BCUT2D eigenvalue weighted by atomic mass is 19.1. The highest BCUT2D eigenvalue weighted by Gasteiger charge is 2.05. The molecule has 1 N–H and O–H groups in total. The Morgan fingerprint density at radius 3 is 2.58 bits per heavy atom. The number of rotatable bonds is 5. The highest BCUT2D eigenvalue weighted by molar-refractivity contribution is 5.59. The molecule has 4 heteroatoms. The van der Waals surface area contributed by atoms with Crippen molar-refractivity contribution < 1.29 is 4.39 Å². The molecule has 0 bridgehead atoms. The van der Waals surface area contributed by atoms with E-state index in [1.165, 1.54) is 12.1 Å². The lowest BCUT2D eigenvalue weighted by Crippen LogP contribution is -2.14. The molecule has 1 aromatic heterocycles. The standard InChI is InChI=1S/C15H18FN3/c1-3-6-17-8-12-9-18-15(19-10-12)14-5-4-13(16)7-11(14)2/h4-5,7,9-10,17H,3,6,8H2,1-2H3. The Morgan fingerprint density at radius 2 is 1.95 bits per heavy atom. The zero-order valence-electron chi connectivity index (χ0n) is 11.3. The van der Waals surface area contributed by atoms with Crippen LogP contribution in [-0.2, 0) is 6.54 Å². The molecule has 0 radical (unpaired) electrons. The van der Waals surface area contributed by atoms with E-state index in [0.717, 1.165) is 36.2 Å². The second-order valence-electron chi connectivity index (χ2n) is 4.55. The molecule has 0 aliphatic heterocycles. The molecule has 2 rings (SSSR count). The minimum absolute atomic E-state index is 0.235. The van der Waals surface area contributed by atoms with Crippen LogP contribution in [0.25, 0.3) is 11.4 Å². The van der Waals surface area contributed by atoms with E-state index in [1.54, 1.807) is 6.07 Å². The smallest absolute Gasteiger partial charge is 0.159 e. The first-order valence-corrected chi connectivity index (χ1v) is 6.49. The SMILES string of the molecule is CCCNCc1cnc(-c2ccc(F)cc2C)nc1. The summed E-state index contributed by atoms with van der Waals surface area (Å²) < 4.78 is 13.1. The van der Waals surface area contributed by atoms with Crippen LogP contribution in [0, 0.1) is 12.7 Å². The van der Waals surface area contributed by atoms with Crippen LogP contribution in [0.3, 0.4) is 0 Å². The van der Waals surface area contributed by atoms with Crippen molar-refractivity contribution >= 4 is 0 Å². The van der Waals surface area contributed by atoms with Gasteiger partial charge < -0.3 is 5.32 Å². The Kier molecular flexibility index (Phi) is 4.58. The second kappa shape index (κ2) is 6.38. The average Bonchev–Trinajstić information content (AvgIpc) is 2.40. The first-order valence-electron chi connectivity index (χ1n) is 6.49. The van der Waals surface area contributed by atoms with Gasteiger partial charge in [-0.15, -0.1) is 0 Å². The monoisotopic (exact) mass is 259 g/mol. The van der Waals surface area contributed by atoms with Crippen LogP contribution >= 0.6 is 0 Å². The number of halogens is 1. The molecule has 0 aliphatic rings. The summed E-state index contributed by atoms with van der Waals surface area (Å²) in [6.45, 7) is 5.75. The third-order valence-corrected chi connectivity index (χ3v) is 2.89. The average molecular weight is 259 g/mol. The van der Waals surface area contributed by atoms with Crippen LogP contribution in [0.4, 0.5) is 4.39 Å². The molecule has 19 heavy (non-hydrogen) atoms. The molecule has 0 amide bonds. The Balaban J connectivity index is 2.13. The van der Waals surface area contributed by atoms with Crippen molar-refractivity contribution in [3.05, 3.63) is 47.5 Å². The predicted molar refractivity (Wildman–Crippen MR) is 74.2 cm³/mol. The summed E-state index contributed by atoms with van der Waals surface area (Å²) in [5.41, 5.74) is 2.77. The summed E-state index contributed by atoms with van der Waals surface area (Å²) in [7, 11) is 0. The molecule has 2 aromatic rings. The van der Waals surface area contributed by atoms with Gasteiger partial charge in [-0.1, -0.05) is 6.92 Å². The molecule has 1 heterocycles. The number of nitrogens with one attached hydrogen (secondary N) is 1. The number of aromatic nitrogens is 2. The van der Waals surface area contributed by atoms with E-state index < -0.39 is 0 Å². The summed E-state index contributed by atoms with van der Waals surface area (Å²) in [6.07, 6.45) is 4.73. The van der Waals surface area contributed by atoms with Gasteiger partial charge in [0.1, 0.15) is 5.82 Å². The van der Waals surface area contributed by atoms with Crippen LogP contribution in [0.15, 0.2) is 30.6 Å². The van der Waals surface area contributed by atoms with Crippen molar-refractivity contribution in [3.63, 3.8) is 0 Å². The zero-order chi connectivity index (χ0) is 13.7. The van der Waals surface area contributed by atoms with Gasteiger partial charge in [0.2, 0.25) is 0 Å². The topological polar surface area (TPSA) is 37.8 Å². The first kappa shape index (κ1) is 13.6. The molecule has 0 unspecified atom stereocenters. The van der Waals surface area contributed by atoms with Crippen LogP contribution in [0.2, 0.25) is 0 Å². The largest absolute Gasteiger partial charge is 0.313 e. The minimum atomic E-state index is -0.235. The number of nitrogens with zero attached hydrogens (tertiary/aromatic N) is 2. The van der Waals surface area contributed by atoms with Gasteiger partial charge in [0.05, 0.1) is 0 Å². The number of hydrogen-bond donors (Lipinski definition) is 1. The van der Waals surface area contributed by atoms with E-state index in [4.69, 9.17) is 0 Å². The first-order chi connectivity index (χ1) is 9.20. The van der Waals surface area contributed by atoms with E-state index in [-0.39, 0.29) is 5.82 Å². The second-order valence-corrected chi connectivity index (χ2v) is 4.55. The van der Waals surface area contributed by atoms with Gasteiger partial charge >= 0.3 is 0 Å². The number of benzene rings is 1. The Bertz CT molecular complexity index is 538. The van der Waals surface area contributed by atoms with Crippen molar-refractivity contribution in [2.24, 2.45) is 0 Å². The molecule has 3 nitrogen and oxygen atoms in total.